The SMILES string of the molecule is COc1cc2c(=O)[nH]c3c(S(=O)(=O)c4ccccc4)nnn3c2cc1OC. The van der Waals surface area contributed by atoms with Gasteiger partial charge in [0, 0.05) is 6.07 Å². The molecule has 0 bridgehead atoms. The summed E-state index contributed by atoms with van der Waals surface area (Å²) in [5.41, 5.74) is -0.178. The molecule has 138 valence electrons. The first-order valence-electron chi connectivity index (χ1n) is 7.81. The number of aromatic nitrogens is 4. The molecule has 2 heterocycles. The fourth-order valence-corrected chi connectivity index (χ4v) is 4.11. The summed E-state index contributed by atoms with van der Waals surface area (Å²) in [5.74, 6) is 0.743. The first kappa shape index (κ1) is 17.0. The van der Waals surface area contributed by atoms with Crippen LogP contribution < -0.4 is 15.0 Å². The monoisotopic (exact) mass is 386 g/mol. The summed E-state index contributed by atoms with van der Waals surface area (Å²) in [6, 6.07) is 10.9. The smallest absolute Gasteiger partial charge is 0.259 e. The van der Waals surface area contributed by atoms with E-state index in [1.54, 1.807) is 24.3 Å². The number of methoxy groups -OCH3 is 2. The molecule has 0 saturated carbocycles. The number of nitrogens with zero attached hydrogens (tertiary/aromatic N) is 3. The van der Waals surface area contributed by atoms with E-state index in [1.165, 1.54) is 36.9 Å². The summed E-state index contributed by atoms with van der Waals surface area (Å²) in [7, 11) is -1.04. The number of sulfone groups is 1. The van der Waals surface area contributed by atoms with E-state index in [-0.39, 0.29) is 21.0 Å². The van der Waals surface area contributed by atoms with Gasteiger partial charge >= 0.3 is 0 Å². The Morgan fingerprint density at radius 2 is 1.70 bits per heavy atom. The summed E-state index contributed by atoms with van der Waals surface area (Å²) in [6.45, 7) is 0. The lowest BCUT2D eigenvalue weighted by molar-refractivity contribution is 0.355. The lowest BCUT2D eigenvalue weighted by Gasteiger charge is -2.09. The number of nitrogens with one attached hydrogen (secondary N) is 1. The molecule has 0 aliphatic rings. The third-order valence-electron chi connectivity index (χ3n) is 4.15. The average molecular weight is 386 g/mol. The number of hydrogen-bond acceptors (Lipinski definition) is 7. The maximum absolute atomic E-state index is 12.9. The van der Waals surface area contributed by atoms with Gasteiger partial charge in [0.1, 0.15) is 0 Å². The Balaban J connectivity index is 2.06. The molecule has 0 aliphatic heterocycles. The molecule has 0 radical (unpaired) electrons. The van der Waals surface area contributed by atoms with Crippen LogP contribution in [0.25, 0.3) is 16.6 Å². The highest BCUT2D eigenvalue weighted by atomic mass is 32.2. The standard InChI is InChI=1S/C17H14N4O5S/c1-25-13-8-11-12(9-14(13)26-2)21-15(18-16(11)22)17(19-20-21)27(23,24)10-6-4-3-5-7-10/h3-9H,1-2H3,(H,18,22). The molecule has 4 aromatic rings. The van der Waals surface area contributed by atoms with E-state index in [1.807, 2.05) is 0 Å². The molecular formula is C17H14N4O5S. The fourth-order valence-electron chi connectivity index (χ4n) is 2.84. The van der Waals surface area contributed by atoms with Crippen LogP contribution in [0.3, 0.4) is 0 Å². The van der Waals surface area contributed by atoms with Gasteiger partial charge in [-0.15, -0.1) is 5.10 Å². The van der Waals surface area contributed by atoms with Crippen LogP contribution in [0.2, 0.25) is 0 Å². The minimum atomic E-state index is -3.96. The molecule has 1 N–H and O–H groups in total. The maximum Gasteiger partial charge on any atom is 0.259 e. The molecule has 2 aromatic carbocycles. The molecule has 10 heteroatoms. The molecule has 4 rings (SSSR count). The predicted molar refractivity (Wildman–Crippen MR) is 96.1 cm³/mol. The number of aromatic amines is 1. The summed E-state index contributed by atoms with van der Waals surface area (Å²) >= 11 is 0. The van der Waals surface area contributed by atoms with Crippen molar-refractivity contribution in [3.8, 4) is 11.5 Å². The topological polar surface area (TPSA) is 116 Å². The van der Waals surface area contributed by atoms with Crippen LogP contribution in [-0.2, 0) is 9.84 Å². The highest BCUT2D eigenvalue weighted by Crippen LogP contribution is 2.31. The molecule has 2 aromatic heterocycles. The first-order chi connectivity index (χ1) is 13.0. The van der Waals surface area contributed by atoms with Gasteiger partial charge in [-0.3, -0.25) is 4.79 Å². The molecule has 0 atom stereocenters. The zero-order valence-electron chi connectivity index (χ0n) is 14.3. The van der Waals surface area contributed by atoms with Gasteiger partial charge in [0.2, 0.25) is 14.9 Å². The van der Waals surface area contributed by atoms with Crippen molar-refractivity contribution in [1.29, 1.82) is 0 Å². The second-order valence-corrected chi connectivity index (χ2v) is 7.51. The normalized spacial score (nSPS) is 11.8. The number of hydrogen-bond donors (Lipinski definition) is 1. The van der Waals surface area contributed by atoms with Crippen LogP contribution >= 0.6 is 0 Å². The summed E-state index contributed by atoms with van der Waals surface area (Å²) in [6.07, 6.45) is 0. The molecule has 0 aliphatic carbocycles. The molecular weight excluding hydrogens is 372 g/mol. The molecule has 0 unspecified atom stereocenters. The van der Waals surface area contributed by atoms with Gasteiger partial charge in [0.15, 0.2) is 17.1 Å². The zero-order chi connectivity index (χ0) is 19.2. The van der Waals surface area contributed by atoms with Crippen LogP contribution in [0, 0.1) is 0 Å². The van der Waals surface area contributed by atoms with Gasteiger partial charge in [-0.1, -0.05) is 23.4 Å². The van der Waals surface area contributed by atoms with E-state index >= 15 is 0 Å². The number of fused-ring (bicyclic) bond motifs is 3. The molecule has 0 fully saturated rings. The van der Waals surface area contributed by atoms with Gasteiger partial charge < -0.3 is 14.5 Å². The maximum atomic E-state index is 12.9. The third kappa shape index (κ3) is 2.53. The van der Waals surface area contributed by atoms with Crippen molar-refractivity contribution in [2.24, 2.45) is 0 Å². The van der Waals surface area contributed by atoms with E-state index in [4.69, 9.17) is 9.47 Å². The Morgan fingerprint density at radius 3 is 2.37 bits per heavy atom. The van der Waals surface area contributed by atoms with Crippen molar-refractivity contribution in [2.75, 3.05) is 14.2 Å². The van der Waals surface area contributed by atoms with Crippen molar-refractivity contribution in [3.05, 3.63) is 52.8 Å². The zero-order valence-corrected chi connectivity index (χ0v) is 15.1. The van der Waals surface area contributed by atoms with Crippen molar-refractivity contribution in [1.82, 2.24) is 19.8 Å². The molecule has 0 saturated heterocycles. The predicted octanol–water partition coefficient (Wildman–Crippen LogP) is 1.42. The first-order valence-corrected chi connectivity index (χ1v) is 9.29. The number of ether oxygens (including phenoxy) is 2. The van der Waals surface area contributed by atoms with Gasteiger partial charge in [-0.25, -0.2) is 8.42 Å². The van der Waals surface area contributed by atoms with Gasteiger partial charge in [-0.05, 0) is 18.2 Å². The molecule has 0 spiro atoms. The second-order valence-electron chi connectivity index (χ2n) is 5.65. The Hall–Kier alpha value is -3.40. The molecule has 27 heavy (non-hydrogen) atoms. The average Bonchev–Trinajstić information content (AvgIpc) is 3.12. The third-order valence-corrected chi connectivity index (χ3v) is 5.83. The number of benzene rings is 2. The van der Waals surface area contributed by atoms with Crippen molar-refractivity contribution in [2.45, 2.75) is 9.92 Å². The highest BCUT2D eigenvalue weighted by molar-refractivity contribution is 7.91. The Morgan fingerprint density at radius 1 is 1.04 bits per heavy atom. The van der Waals surface area contributed by atoms with E-state index in [0.717, 1.165) is 0 Å². The Kier molecular flexibility index (Phi) is 3.84. The van der Waals surface area contributed by atoms with Crippen molar-refractivity contribution in [3.63, 3.8) is 0 Å². The van der Waals surface area contributed by atoms with E-state index in [2.05, 4.69) is 15.3 Å². The summed E-state index contributed by atoms with van der Waals surface area (Å²) in [4.78, 5) is 15.2. The van der Waals surface area contributed by atoms with Crippen molar-refractivity contribution < 1.29 is 17.9 Å². The lowest BCUT2D eigenvalue weighted by Crippen LogP contribution is -2.12. The van der Waals surface area contributed by atoms with E-state index in [0.29, 0.717) is 17.0 Å². The minimum Gasteiger partial charge on any atom is -0.493 e. The van der Waals surface area contributed by atoms with Crippen molar-refractivity contribution >= 4 is 26.4 Å². The Bertz CT molecular complexity index is 1330. The van der Waals surface area contributed by atoms with E-state index < -0.39 is 15.4 Å². The minimum absolute atomic E-state index is 0.0245. The number of rotatable bonds is 4. The van der Waals surface area contributed by atoms with Crippen LogP contribution in [0.4, 0.5) is 0 Å². The Labute approximate surface area is 153 Å². The summed E-state index contributed by atoms with van der Waals surface area (Å²) in [5, 5.41) is 7.67. The van der Waals surface area contributed by atoms with Crippen LogP contribution in [-0.4, -0.2) is 42.4 Å². The largest absolute Gasteiger partial charge is 0.493 e. The lowest BCUT2D eigenvalue weighted by atomic mass is 10.2. The van der Waals surface area contributed by atoms with Crippen LogP contribution in [0.1, 0.15) is 0 Å². The molecule has 0 amide bonds. The fraction of sp³-hybridized carbons (Fsp3) is 0.118. The van der Waals surface area contributed by atoms with Gasteiger partial charge in [-0.2, -0.15) is 4.52 Å². The second kappa shape index (κ2) is 6.09. The quantitative estimate of drug-likeness (QED) is 0.564. The van der Waals surface area contributed by atoms with Crippen LogP contribution in [0.15, 0.2) is 57.2 Å². The van der Waals surface area contributed by atoms with E-state index in [9.17, 15) is 13.2 Å². The van der Waals surface area contributed by atoms with Gasteiger partial charge in [0.05, 0.1) is 30.0 Å². The molecule has 9 nitrogen and oxygen atoms in total. The van der Waals surface area contributed by atoms with Gasteiger partial charge in [0.25, 0.3) is 5.56 Å². The number of H-pyrrole nitrogens is 1. The highest BCUT2D eigenvalue weighted by Gasteiger charge is 2.26. The van der Waals surface area contributed by atoms with Crippen LogP contribution in [0.5, 0.6) is 11.5 Å². The summed E-state index contributed by atoms with van der Waals surface area (Å²) < 4.78 is 37.5.